The van der Waals surface area contributed by atoms with Gasteiger partial charge < -0.3 is 0 Å². The fourth-order valence-corrected chi connectivity index (χ4v) is 6.68. The Hall–Kier alpha value is -1.44. The topological polar surface area (TPSA) is 51.6 Å². The first kappa shape index (κ1) is 22.7. The first-order valence-corrected chi connectivity index (χ1v) is 13.4. The summed E-state index contributed by atoms with van der Waals surface area (Å²) in [5.74, 6) is 0.888. The molecule has 0 spiro atoms. The van der Waals surface area contributed by atoms with E-state index in [0.717, 1.165) is 33.5 Å². The predicted molar refractivity (Wildman–Crippen MR) is 136 cm³/mol. The van der Waals surface area contributed by atoms with E-state index in [9.17, 15) is 0 Å². The second-order valence-corrected chi connectivity index (χ2v) is 13.1. The van der Waals surface area contributed by atoms with E-state index in [0.29, 0.717) is 11.8 Å². The summed E-state index contributed by atoms with van der Waals surface area (Å²) in [6.07, 6.45) is 2.17. The van der Waals surface area contributed by atoms with Crippen molar-refractivity contribution >= 4 is 55.1 Å². The highest BCUT2D eigenvalue weighted by Gasteiger charge is 2.29. The molecule has 0 radical (unpaired) electrons. The maximum absolute atomic E-state index is 5.00. The second-order valence-electron chi connectivity index (χ2n) is 10.6. The lowest BCUT2D eigenvalue weighted by molar-refractivity contribution is 0.439. The van der Waals surface area contributed by atoms with E-state index in [1.165, 1.54) is 32.9 Å². The van der Waals surface area contributed by atoms with Crippen molar-refractivity contribution in [1.29, 1.82) is 0 Å². The Kier molecular flexibility index (Phi) is 5.99. The van der Waals surface area contributed by atoms with Crippen LogP contribution < -0.4 is 0 Å². The molecule has 0 aliphatic heterocycles. The monoisotopic (exact) mass is 472 g/mol. The fraction of sp³-hybridized carbons (Fsp3) is 0.583. The average Bonchev–Trinajstić information content (AvgIpc) is 3.38. The van der Waals surface area contributed by atoms with Crippen molar-refractivity contribution in [1.82, 2.24) is 18.7 Å². The maximum atomic E-state index is 5.00. The minimum Gasteiger partial charge on any atom is -0.228 e. The van der Waals surface area contributed by atoms with Crippen LogP contribution in [0.2, 0.25) is 0 Å². The van der Waals surface area contributed by atoms with Crippen LogP contribution in [0.4, 0.5) is 0 Å². The first-order chi connectivity index (χ1) is 14.5. The van der Waals surface area contributed by atoms with Crippen molar-refractivity contribution in [3.05, 3.63) is 33.3 Å². The number of fused-ring (bicyclic) bond motifs is 2. The SMILES string of the molecule is CC(C)c1ccc(C(C)CCC(C)(C)c2nc3sc(C(C)(C)C)nc3s2)c2nsnc12. The van der Waals surface area contributed by atoms with Crippen LogP contribution in [0.5, 0.6) is 0 Å². The summed E-state index contributed by atoms with van der Waals surface area (Å²) in [7, 11) is 0. The van der Waals surface area contributed by atoms with Gasteiger partial charge in [0.2, 0.25) is 0 Å². The molecular formula is C24H32N4S3. The Labute approximate surface area is 197 Å². The molecule has 0 saturated heterocycles. The van der Waals surface area contributed by atoms with Crippen LogP contribution in [0.1, 0.15) is 101 Å². The van der Waals surface area contributed by atoms with Crippen molar-refractivity contribution < 1.29 is 0 Å². The van der Waals surface area contributed by atoms with Crippen molar-refractivity contribution in [2.75, 3.05) is 0 Å². The molecule has 0 N–H and O–H groups in total. The van der Waals surface area contributed by atoms with Gasteiger partial charge in [-0.1, -0.05) is 90.2 Å². The Bertz CT molecular complexity index is 1180. The van der Waals surface area contributed by atoms with E-state index >= 15 is 0 Å². The first-order valence-electron chi connectivity index (χ1n) is 11.0. The molecule has 1 atom stereocenters. The third-order valence-electron chi connectivity index (χ3n) is 6.03. The average molecular weight is 473 g/mol. The highest BCUT2D eigenvalue weighted by atomic mass is 32.1. The number of rotatable bonds is 6. The number of hydrogen-bond donors (Lipinski definition) is 0. The van der Waals surface area contributed by atoms with Gasteiger partial charge in [0, 0.05) is 10.8 Å². The minimum absolute atomic E-state index is 0.0263. The van der Waals surface area contributed by atoms with Gasteiger partial charge >= 0.3 is 0 Å². The molecule has 3 heterocycles. The van der Waals surface area contributed by atoms with Crippen LogP contribution in [-0.4, -0.2) is 18.7 Å². The van der Waals surface area contributed by atoms with Crippen LogP contribution in [0.3, 0.4) is 0 Å². The maximum Gasteiger partial charge on any atom is 0.155 e. The molecule has 1 unspecified atom stereocenters. The zero-order valence-corrected chi connectivity index (χ0v) is 22.2. The lowest BCUT2D eigenvalue weighted by Crippen LogP contribution is -2.18. The normalized spacial score (nSPS) is 14.2. The van der Waals surface area contributed by atoms with Gasteiger partial charge in [-0.05, 0) is 35.8 Å². The lowest BCUT2D eigenvalue weighted by atomic mass is 9.83. The van der Waals surface area contributed by atoms with Gasteiger partial charge in [-0.15, -0.1) is 0 Å². The second kappa shape index (κ2) is 8.16. The summed E-state index contributed by atoms with van der Waals surface area (Å²) in [6, 6.07) is 4.52. The number of aromatic nitrogens is 4. The molecule has 0 amide bonds. The smallest absolute Gasteiger partial charge is 0.155 e. The van der Waals surface area contributed by atoms with E-state index in [1.807, 2.05) is 0 Å². The quantitative estimate of drug-likeness (QED) is 0.285. The van der Waals surface area contributed by atoms with Crippen molar-refractivity contribution in [3.63, 3.8) is 0 Å². The van der Waals surface area contributed by atoms with Crippen molar-refractivity contribution in [2.24, 2.45) is 0 Å². The summed E-state index contributed by atoms with van der Waals surface area (Å²) in [6.45, 7) is 18.0. The number of nitrogens with zero attached hydrogens (tertiary/aromatic N) is 4. The molecule has 0 bridgehead atoms. The zero-order valence-electron chi connectivity index (χ0n) is 19.7. The zero-order chi connectivity index (χ0) is 22.6. The van der Waals surface area contributed by atoms with Gasteiger partial charge in [-0.25, -0.2) is 9.97 Å². The summed E-state index contributed by atoms with van der Waals surface area (Å²) < 4.78 is 9.25. The van der Waals surface area contributed by atoms with Gasteiger partial charge in [-0.2, -0.15) is 8.75 Å². The molecular weight excluding hydrogens is 440 g/mol. The highest BCUT2D eigenvalue weighted by Crippen LogP contribution is 2.40. The summed E-state index contributed by atoms with van der Waals surface area (Å²) >= 11 is 4.84. The molecule has 4 rings (SSSR count). The molecule has 0 aliphatic carbocycles. The van der Waals surface area contributed by atoms with Gasteiger partial charge in [0.25, 0.3) is 0 Å². The Morgan fingerprint density at radius 3 is 1.97 bits per heavy atom. The molecule has 31 heavy (non-hydrogen) atoms. The molecule has 7 heteroatoms. The minimum atomic E-state index is 0.0263. The summed E-state index contributed by atoms with van der Waals surface area (Å²) in [5.41, 5.74) is 4.90. The molecule has 0 saturated carbocycles. The van der Waals surface area contributed by atoms with Crippen LogP contribution in [0, 0.1) is 0 Å². The van der Waals surface area contributed by atoms with Crippen LogP contribution in [-0.2, 0) is 10.8 Å². The van der Waals surface area contributed by atoms with E-state index in [1.54, 1.807) is 22.7 Å². The molecule has 1 aromatic carbocycles. The largest absolute Gasteiger partial charge is 0.228 e. The number of thiazole rings is 2. The molecule has 166 valence electrons. The molecule has 4 nitrogen and oxygen atoms in total. The van der Waals surface area contributed by atoms with Gasteiger partial charge in [0.1, 0.15) is 21.0 Å². The third-order valence-corrected chi connectivity index (χ3v) is 9.38. The Morgan fingerprint density at radius 2 is 1.35 bits per heavy atom. The Morgan fingerprint density at radius 1 is 0.806 bits per heavy atom. The fourth-order valence-electron chi connectivity index (χ4n) is 3.86. The van der Waals surface area contributed by atoms with E-state index < -0.39 is 0 Å². The standard InChI is InChI=1S/C24H32N4S3/c1-13(2)15-9-10-16(18-17(15)27-31-28-18)14(3)11-12-24(7,8)22-26-20-19(30-22)25-21(29-20)23(4,5)6/h9-10,13-14H,11-12H2,1-8H3. The molecule has 0 aliphatic rings. The molecule has 0 fully saturated rings. The number of hydrogen-bond acceptors (Lipinski definition) is 7. The van der Waals surface area contributed by atoms with Gasteiger partial charge in [0.05, 0.1) is 11.7 Å². The summed E-state index contributed by atoms with van der Waals surface area (Å²) in [5, 5.41) is 2.37. The summed E-state index contributed by atoms with van der Waals surface area (Å²) in [4.78, 5) is 12.0. The predicted octanol–water partition coefficient (Wildman–Crippen LogP) is 8.04. The molecule has 3 aromatic heterocycles. The van der Waals surface area contributed by atoms with E-state index in [-0.39, 0.29) is 10.8 Å². The van der Waals surface area contributed by atoms with Crippen molar-refractivity contribution in [3.8, 4) is 0 Å². The van der Waals surface area contributed by atoms with Gasteiger partial charge in [-0.3, -0.25) is 0 Å². The lowest BCUT2D eigenvalue weighted by Gasteiger charge is -2.24. The van der Waals surface area contributed by atoms with Gasteiger partial charge in [0.15, 0.2) is 9.66 Å². The Balaban J connectivity index is 1.52. The van der Waals surface area contributed by atoms with Crippen molar-refractivity contribution in [2.45, 2.75) is 90.9 Å². The van der Waals surface area contributed by atoms with E-state index in [4.69, 9.17) is 9.97 Å². The van der Waals surface area contributed by atoms with Crippen LogP contribution in [0.15, 0.2) is 12.1 Å². The number of benzene rings is 1. The van der Waals surface area contributed by atoms with Crippen LogP contribution >= 0.6 is 34.4 Å². The molecule has 4 aromatic rings. The highest BCUT2D eigenvalue weighted by molar-refractivity contribution is 7.26. The van der Waals surface area contributed by atoms with E-state index in [2.05, 4.69) is 76.3 Å². The van der Waals surface area contributed by atoms with Crippen LogP contribution in [0.25, 0.3) is 20.7 Å². The third kappa shape index (κ3) is 4.41.